The van der Waals surface area contributed by atoms with Crippen molar-refractivity contribution in [1.29, 1.82) is 0 Å². The van der Waals surface area contributed by atoms with Crippen molar-refractivity contribution in [3.8, 4) is 0 Å². The summed E-state index contributed by atoms with van der Waals surface area (Å²) in [6.45, 7) is 8.13. The molecule has 0 aliphatic rings. The van der Waals surface area contributed by atoms with Gasteiger partial charge in [-0.25, -0.2) is 0 Å². The van der Waals surface area contributed by atoms with Crippen molar-refractivity contribution in [2.24, 2.45) is 0 Å². The van der Waals surface area contributed by atoms with Crippen LogP contribution >= 0.6 is 0 Å². The van der Waals surface area contributed by atoms with Crippen LogP contribution in [0, 0.1) is 0 Å². The maximum atomic E-state index is 11.3. The topological polar surface area (TPSA) is 37.4 Å². The highest BCUT2D eigenvalue weighted by Gasteiger charge is 2.18. The van der Waals surface area contributed by atoms with Gasteiger partial charge >= 0.3 is 0 Å². The van der Waals surface area contributed by atoms with Crippen LogP contribution in [-0.2, 0) is 9.59 Å². The minimum atomic E-state index is -0.652. The highest BCUT2D eigenvalue weighted by atomic mass is 16.1. The summed E-state index contributed by atoms with van der Waals surface area (Å²) in [5, 5.41) is 0. The maximum Gasteiger partial charge on any atom is 0.159 e. The molecule has 0 saturated heterocycles. The SMILES string of the molecule is C=CN(CCCCCCCCCCCC)C(C=O)C(C)=O. The lowest BCUT2D eigenvalue weighted by molar-refractivity contribution is -0.126. The number of nitrogens with zero attached hydrogens (tertiary/aromatic N) is 1. The Morgan fingerprint density at radius 2 is 1.48 bits per heavy atom. The summed E-state index contributed by atoms with van der Waals surface area (Å²) in [4.78, 5) is 24.0. The van der Waals surface area contributed by atoms with Gasteiger partial charge in [-0.3, -0.25) is 4.79 Å². The van der Waals surface area contributed by atoms with Gasteiger partial charge in [0.05, 0.1) is 0 Å². The normalized spacial score (nSPS) is 11.9. The molecule has 0 rings (SSSR count). The molecule has 0 aliphatic carbocycles. The number of hydrogen-bond donors (Lipinski definition) is 0. The molecule has 0 spiro atoms. The van der Waals surface area contributed by atoms with Crippen molar-refractivity contribution in [2.45, 2.75) is 84.1 Å². The molecule has 0 radical (unpaired) electrons. The van der Waals surface area contributed by atoms with Gasteiger partial charge in [-0.15, -0.1) is 0 Å². The van der Waals surface area contributed by atoms with E-state index in [4.69, 9.17) is 0 Å². The minimum Gasteiger partial charge on any atom is -0.362 e. The van der Waals surface area contributed by atoms with Crippen LogP contribution in [-0.4, -0.2) is 29.6 Å². The highest BCUT2D eigenvalue weighted by molar-refractivity contribution is 5.95. The number of hydrogen-bond acceptors (Lipinski definition) is 3. The van der Waals surface area contributed by atoms with Crippen LogP contribution in [0.25, 0.3) is 0 Å². The van der Waals surface area contributed by atoms with E-state index in [1.165, 1.54) is 58.3 Å². The first-order valence-electron chi connectivity index (χ1n) is 8.51. The Morgan fingerprint density at radius 3 is 1.86 bits per heavy atom. The average molecular weight is 295 g/mol. The predicted octanol–water partition coefficient (Wildman–Crippen LogP) is 4.51. The fourth-order valence-corrected chi connectivity index (χ4v) is 2.53. The van der Waals surface area contributed by atoms with Gasteiger partial charge in [-0.05, 0) is 19.5 Å². The van der Waals surface area contributed by atoms with E-state index in [2.05, 4.69) is 13.5 Å². The molecule has 0 heterocycles. The maximum absolute atomic E-state index is 11.3. The van der Waals surface area contributed by atoms with Gasteiger partial charge < -0.3 is 9.69 Å². The first-order chi connectivity index (χ1) is 10.2. The quantitative estimate of drug-likeness (QED) is 0.253. The fourth-order valence-electron chi connectivity index (χ4n) is 2.53. The third-order valence-corrected chi connectivity index (χ3v) is 3.91. The third kappa shape index (κ3) is 10.3. The second-order valence-electron chi connectivity index (χ2n) is 5.79. The van der Waals surface area contributed by atoms with Crippen LogP contribution in [0.5, 0.6) is 0 Å². The van der Waals surface area contributed by atoms with E-state index in [0.29, 0.717) is 6.29 Å². The van der Waals surface area contributed by atoms with Crippen LogP contribution in [0.1, 0.15) is 78.1 Å². The molecule has 0 aromatic carbocycles. The van der Waals surface area contributed by atoms with Gasteiger partial charge in [0.15, 0.2) is 5.78 Å². The number of unbranched alkanes of at least 4 members (excludes halogenated alkanes) is 9. The first-order valence-corrected chi connectivity index (χ1v) is 8.51. The number of ketones is 1. The molecule has 3 nitrogen and oxygen atoms in total. The van der Waals surface area contributed by atoms with Crippen LogP contribution in [0.2, 0.25) is 0 Å². The Hall–Kier alpha value is -1.12. The van der Waals surface area contributed by atoms with E-state index in [-0.39, 0.29) is 5.78 Å². The lowest BCUT2D eigenvalue weighted by Crippen LogP contribution is -2.38. The molecule has 0 aromatic rings. The molecule has 0 fully saturated rings. The number of aldehydes is 1. The van der Waals surface area contributed by atoms with Crippen LogP contribution in [0.15, 0.2) is 12.8 Å². The van der Waals surface area contributed by atoms with Gasteiger partial charge in [0.25, 0.3) is 0 Å². The standard InChI is InChI=1S/C18H33NO2/c1-4-6-7-8-9-10-11-12-13-14-15-19(5-2)18(16-20)17(3)21/h5,16,18H,2,4,6-15H2,1,3H3. The van der Waals surface area contributed by atoms with Crippen molar-refractivity contribution in [1.82, 2.24) is 4.90 Å². The zero-order valence-corrected chi connectivity index (χ0v) is 14.0. The Labute approximate surface area is 130 Å². The molecule has 21 heavy (non-hydrogen) atoms. The zero-order valence-electron chi connectivity index (χ0n) is 14.0. The Kier molecular flexibility index (Phi) is 13.1. The molecule has 122 valence electrons. The molecular weight excluding hydrogens is 262 g/mol. The van der Waals surface area contributed by atoms with E-state index < -0.39 is 6.04 Å². The molecule has 0 saturated carbocycles. The predicted molar refractivity (Wildman–Crippen MR) is 89.3 cm³/mol. The van der Waals surface area contributed by atoms with E-state index in [9.17, 15) is 9.59 Å². The first kappa shape index (κ1) is 19.9. The van der Waals surface area contributed by atoms with Gasteiger partial charge in [0, 0.05) is 6.54 Å². The fraction of sp³-hybridized carbons (Fsp3) is 0.778. The summed E-state index contributed by atoms with van der Waals surface area (Å²) in [6.07, 6.45) is 15.1. The van der Waals surface area contributed by atoms with Crippen LogP contribution in [0.3, 0.4) is 0 Å². The van der Waals surface area contributed by atoms with E-state index in [1.807, 2.05) is 0 Å². The summed E-state index contributed by atoms with van der Waals surface area (Å²) in [6, 6.07) is -0.652. The Bertz CT molecular complexity index is 289. The number of Topliss-reactive ketones (excluding diaryl/α,β-unsaturated/α-hetero) is 1. The number of carbonyl (C=O) groups is 2. The monoisotopic (exact) mass is 295 g/mol. The second-order valence-corrected chi connectivity index (χ2v) is 5.79. The molecule has 0 N–H and O–H groups in total. The van der Waals surface area contributed by atoms with Crippen molar-refractivity contribution < 1.29 is 9.59 Å². The molecule has 0 aliphatic heterocycles. The highest BCUT2D eigenvalue weighted by Crippen LogP contribution is 2.11. The van der Waals surface area contributed by atoms with Crippen LogP contribution < -0.4 is 0 Å². The lowest BCUT2D eigenvalue weighted by Gasteiger charge is -2.24. The zero-order chi connectivity index (χ0) is 15.9. The van der Waals surface area contributed by atoms with Crippen LogP contribution in [0.4, 0.5) is 0 Å². The van der Waals surface area contributed by atoms with Gasteiger partial charge in [0.2, 0.25) is 0 Å². The smallest absolute Gasteiger partial charge is 0.159 e. The van der Waals surface area contributed by atoms with Gasteiger partial charge in [-0.2, -0.15) is 0 Å². The van der Waals surface area contributed by atoms with Gasteiger partial charge in [-0.1, -0.05) is 71.3 Å². The summed E-state index contributed by atoms with van der Waals surface area (Å²) in [7, 11) is 0. The molecule has 0 aromatic heterocycles. The van der Waals surface area contributed by atoms with E-state index in [1.54, 1.807) is 11.1 Å². The third-order valence-electron chi connectivity index (χ3n) is 3.91. The molecule has 1 unspecified atom stereocenters. The molecular formula is C18H33NO2. The number of rotatable bonds is 15. The van der Waals surface area contributed by atoms with Crippen molar-refractivity contribution in [3.05, 3.63) is 12.8 Å². The largest absolute Gasteiger partial charge is 0.362 e. The second kappa shape index (κ2) is 13.8. The Morgan fingerprint density at radius 1 is 1.00 bits per heavy atom. The Balaban J connectivity index is 3.58. The summed E-state index contributed by atoms with van der Waals surface area (Å²) < 4.78 is 0. The van der Waals surface area contributed by atoms with E-state index in [0.717, 1.165) is 19.4 Å². The number of carbonyl (C=O) groups excluding carboxylic acids is 2. The molecule has 1 atom stereocenters. The summed E-state index contributed by atoms with van der Waals surface area (Å²) in [5.41, 5.74) is 0. The van der Waals surface area contributed by atoms with Crippen molar-refractivity contribution in [2.75, 3.05) is 6.54 Å². The molecule has 0 amide bonds. The van der Waals surface area contributed by atoms with Crippen molar-refractivity contribution in [3.63, 3.8) is 0 Å². The van der Waals surface area contributed by atoms with E-state index >= 15 is 0 Å². The molecule has 0 bridgehead atoms. The minimum absolute atomic E-state index is 0.114. The molecule has 3 heteroatoms. The lowest BCUT2D eigenvalue weighted by atomic mass is 10.1. The average Bonchev–Trinajstić information content (AvgIpc) is 2.47. The summed E-state index contributed by atoms with van der Waals surface area (Å²) >= 11 is 0. The van der Waals surface area contributed by atoms with Crippen molar-refractivity contribution >= 4 is 12.1 Å². The summed E-state index contributed by atoms with van der Waals surface area (Å²) in [5.74, 6) is -0.114. The van der Waals surface area contributed by atoms with Gasteiger partial charge in [0.1, 0.15) is 12.3 Å².